The van der Waals surface area contributed by atoms with Crippen LogP contribution in [0.1, 0.15) is 20.3 Å². The Kier molecular flexibility index (Phi) is 9.34. The molecular formula is C24H30IN5O4S2. The van der Waals surface area contributed by atoms with Crippen LogP contribution < -0.4 is 13.8 Å². The fourth-order valence-electron chi connectivity index (χ4n) is 4.42. The monoisotopic (exact) mass is 643 g/mol. The molecule has 2 unspecified atom stereocenters. The van der Waals surface area contributed by atoms with Gasteiger partial charge >= 0.3 is 0 Å². The summed E-state index contributed by atoms with van der Waals surface area (Å²) in [4.78, 5) is 14.6. The maximum atomic E-state index is 12.6. The minimum atomic E-state index is 0.0912. The molecule has 1 fully saturated rings. The van der Waals surface area contributed by atoms with E-state index in [1.807, 2.05) is 46.7 Å². The molecule has 36 heavy (non-hydrogen) atoms. The summed E-state index contributed by atoms with van der Waals surface area (Å²) < 4.78 is 21.2. The quantitative estimate of drug-likeness (QED) is 0.192. The molecule has 9 nitrogen and oxygen atoms in total. The highest BCUT2D eigenvalue weighted by Crippen LogP contribution is 2.39. The van der Waals surface area contributed by atoms with Crippen molar-refractivity contribution in [2.24, 2.45) is 5.92 Å². The van der Waals surface area contributed by atoms with E-state index in [-0.39, 0.29) is 17.9 Å². The molecule has 1 aromatic carbocycles. The van der Waals surface area contributed by atoms with E-state index in [0.717, 1.165) is 24.5 Å². The number of nitrogens with zero attached hydrogens (tertiary/aromatic N) is 5. The number of ether oxygens (including phenoxy) is 2. The van der Waals surface area contributed by atoms with Gasteiger partial charge in [0, 0.05) is 36.6 Å². The number of aromatic nitrogens is 3. The van der Waals surface area contributed by atoms with E-state index in [0.29, 0.717) is 41.3 Å². The molecule has 194 valence electrons. The number of benzene rings is 1. The first kappa shape index (κ1) is 27.0. The Balaban J connectivity index is 1.72. The first-order valence-corrected chi connectivity index (χ1v) is 16.1. The van der Waals surface area contributed by atoms with Crippen molar-refractivity contribution in [1.82, 2.24) is 19.7 Å². The van der Waals surface area contributed by atoms with Crippen molar-refractivity contribution in [3.05, 3.63) is 36.6 Å². The number of hydrogen-bond acceptors (Lipinski definition) is 9. The normalized spacial score (nSPS) is 17.6. The van der Waals surface area contributed by atoms with Crippen LogP contribution in [0.3, 0.4) is 0 Å². The number of halogens is 1. The van der Waals surface area contributed by atoms with Crippen molar-refractivity contribution in [1.29, 1.82) is 0 Å². The summed E-state index contributed by atoms with van der Waals surface area (Å²) in [6.07, 6.45) is 2.52. The Morgan fingerprint density at radius 1 is 1.14 bits per heavy atom. The number of carbonyl (C=O) groups excluding carboxylic acids is 1. The van der Waals surface area contributed by atoms with E-state index in [2.05, 4.69) is 42.6 Å². The van der Waals surface area contributed by atoms with Gasteiger partial charge in [-0.15, -0.1) is 10.2 Å². The van der Waals surface area contributed by atoms with E-state index < -0.39 is 0 Å². The van der Waals surface area contributed by atoms with E-state index in [1.165, 1.54) is 0 Å². The minimum absolute atomic E-state index is 0.0912. The fraction of sp³-hybridized carbons (Fsp3) is 0.458. The molecule has 1 aliphatic heterocycles. The lowest BCUT2D eigenvalue weighted by molar-refractivity contribution is -0.131. The molecular weight excluding hydrogens is 613 g/mol. The molecule has 4 rings (SSSR count). The van der Waals surface area contributed by atoms with Crippen molar-refractivity contribution in [3.8, 4) is 28.8 Å². The molecule has 1 amide bonds. The number of anilines is 1. The summed E-state index contributed by atoms with van der Waals surface area (Å²) in [6.45, 7) is 5.54. The lowest BCUT2D eigenvalue weighted by atomic mass is 10.1. The smallest absolute Gasteiger partial charge is 0.242 e. The summed E-state index contributed by atoms with van der Waals surface area (Å²) in [5, 5.41) is 9.11. The molecule has 0 bridgehead atoms. The molecule has 0 N–H and O–H groups in total. The van der Waals surface area contributed by atoms with Gasteiger partial charge in [0.05, 0.1) is 20.5 Å². The van der Waals surface area contributed by atoms with Gasteiger partial charge in [0.2, 0.25) is 17.7 Å². The number of hydrogen-bond donors (Lipinski definition) is 0. The van der Waals surface area contributed by atoms with Crippen LogP contribution in [0.4, 0.5) is 5.95 Å². The Hall–Kier alpha value is -2.06. The topological polar surface area (TPSA) is 85.9 Å². The maximum absolute atomic E-state index is 12.6. The average Bonchev–Trinajstić information content (AvgIpc) is 3.61. The van der Waals surface area contributed by atoms with Crippen molar-refractivity contribution < 1.29 is 18.7 Å². The predicted molar refractivity (Wildman–Crippen MR) is 153 cm³/mol. The zero-order valence-corrected chi connectivity index (χ0v) is 24.5. The summed E-state index contributed by atoms with van der Waals surface area (Å²) in [7, 11) is 4.99. The van der Waals surface area contributed by atoms with Gasteiger partial charge in [0.15, 0.2) is 5.76 Å². The van der Waals surface area contributed by atoms with Gasteiger partial charge in [0.25, 0.3) is 0 Å². The van der Waals surface area contributed by atoms with Crippen LogP contribution in [0.25, 0.3) is 17.3 Å². The second-order valence-electron chi connectivity index (χ2n) is 8.41. The SMILES string of the molecule is COc1cccc(OC)c1-n1c(-c2ccco2)nnc1N(CCSI)SCCN1C(=O)C(C)CC1C. The summed E-state index contributed by atoms with van der Waals surface area (Å²) in [5.41, 5.74) is 0.693. The summed E-state index contributed by atoms with van der Waals surface area (Å²) >= 11 is 3.94. The highest BCUT2D eigenvalue weighted by Gasteiger charge is 2.34. The van der Waals surface area contributed by atoms with Gasteiger partial charge in [-0.2, -0.15) is 0 Å². The first-order valence-electron chi connectivity index (χ1n) is 11.6. The van der Waals surface area contributed by atoms with Gasteiger partial charge in [-0.05, 0) is 70.8 Å². The minimum Gasteiger partial charge on any atom is -0.494 e. The Bertz CT molecular complexity index is 1140. The fourth-order valence-corrected chi connectivity index (χ4v) is 6.33. The van der Waals surface area contributed by atoms with Crippen LogP contribution in [0.2, 0.25) is 0 Å². The van der Waals surface area contributed by atoms with Gasteiger partial charge in [0.1, 0.15) is 17.2 Å². The number of amides is 1. The van der Waals surface area contributed by atoms with Gasteiger partial charge < -0.3 is 18.8 Å². The van der Waals surface area contributed by atoms with Crippen LogP contribution in [0.15, 0.2) is 41.0 Å². The highest BCUT2D eigenvalue weighted by atomic mass is 127. The van der Waals surface area contributed by atoms with E-state index in [4.69, 9.17) is 13.9 Å². The molecule has 2 atom stereocenters. The zero-order valence-electron chi connectivity index (χ0n) is 20.7. The van der Waals surface area contributed by atoms with Crippen molar-refractivity contribution >= 4 is 53.9 Å². The number of para-hydroxylation sites is 1. The third kappa shape index (κ3) is 5.59. The maximum Gasteiger partial charge on any atom is 0.242 e. The van der Waals surface area contributed by atoms with E-state index >= 15 is 0 Å². The number of likely N-dealkylation sites (tertiary alicyclic amines) is 1. The van der Waals surface area contributed by atoms with Crippen molar-refractivity contribution in [3.63, 3.8) is 0 Å². The number of furan rings is 1. The second-order valence-corrected chi connectivity index (χ2v) is 12.0. The lowest BCUT2D eigenvalue weighted by Gasteiger charge is -2.26. The van der Waals surface area contributed by atoms with Crippen LogP contribution >= 0.6 is 42.1 Å². The third-order valence-corrected chi connectivity index (χ3v) is 8.80. The van der Waals surface area contributed by atoms with Crippen LogP contribution in [-0.4, -0.2) is 70.4 Å². The molecule has 0 radical (unpaired) electrons. The van der Waals surface area contributed by atoms with Gasteiger partial charge in [-0.1, -0.05) is 21.9 Å². The predicted octanol–water partition coefficient (Wildman–Crippen LogP) is 5.34. The Morgan fingerprint density at radius 2 is 1.89 bits per heavy atom. The summed E-state index contributed by atoms with van der Waals surface area (Å²) in [5.74, 6) is 4.96. The second kappa shape index (κ2) is 12.5. The van der Waals surface area contributed by atoms with Crippen LogP contribution in [-0.2, 0) is 4.79 Å². The molecule has 0 aliphatic carbocycles. The molecule has 0 saturated carbocycles. The van der Waals surface area contributed by atoms with Crippen LogP contribution in [0, 0.1) is 5.92 Å². The van der Waals surface area contributed by atoms with Crippen molar-refractivity contribution in [2.45, 2.75) is 26.3 Å². The van der Waals surface area contributed by atoms with E-state index in [1.54, 1.807) is 41.4 Å². The third-order valence-electron chi connectivity index (χ3n) is 6.12. The standard InChI is InChI=1S/C24H30IN5O4S2/c1-16-15-17(2)28(23(16)31)10-14-36-29(11-13-35-25)24-27-26-22(20-9-6-12-34-20)30(24)21-18(32-3)7-5-8-19(21)33-4/h5-9,12,16-17H,10-11,13-15H2,1-4H3. The highest BCUT2D eigenvalue weighted by molar-refractivity contribution is 14.2. The molecule has 12 heteroatoms. The molecule has 0 spiro atoms. The number of carbonyl (C=O) groups is 1. The Morgan fingerprint density at radius 3 is 2.47 bits per heavy atom. The molecule has 3 aromatic rings. The largest absolute Gasteiger partial charge is 0.494 e. The molecule has 2 aromatic heterocycles. The molecule has 1 aliphatic rings. The lowest BCUT2D eigenvalue weighted by Crippen LogP contribution is -2.35. The number of rotatable bonds is 12. The van der Waals surface area contributed by atoms with Crippen LogP contribution in [0.5, 0.6) is 11.5 Å². The first-order chi connectivity index (χ1) is 17.5. The van der Waals surface area contributed by atoms with E-state index in [9.17, 15) is 4.79 Å². The molecule has 1 saturated heterocycles. The average molecular weight is 644 g/mol. The summed E-state index contributed by atoms with van der Waals surface area (Å²) in [6, 6.07) is 9.58. The zero-order chi connectivity index (χ0) is 25.7. The van der Waals surface area contributed by atoms with Crippen molar-refractivity contribution in [2.75, 3.05) is 43.1 Å². The molecule has 3 heterocycles. The Labute approximate surface area is 232 Å². The van der Waals surface area contributed by atoms with Gasteiger partial charge in [-0.3, -0.25) is 13.7 Å². The van der Waals surface area contributed by atoms with Gasteiger partial charge in [-0.25, -0.2) is 0 Å². The number of methoxy groups -OCH3 is 2.